The molecule has 0 spiro atoms. The molecule has 2 aromatic rings. The van der Waals surface area contributed by atoms with Crippen LogP contribution in [-0.4, -0.2) is 42.2 Å². The number of amides is 2. The second-order valence-corrected chi connectivity index (χ2v) is 7.40. The molecule has 1 aromatic carbocycles. The van der Waals surface area contributed by atoms with Gasteiger partial charge in [0.25, 0.3) is 0 Å². The number of para-hydroxylation sites is 1. The van der Waals surface area contributed by atoms with Gasteiger partial charge >= 0.3 is 6.03 Å². The summed E-state index contributed by atoms with van der Waals surface area (Å²) >= 11 is 0. The number of nitrogens with one attached hydrogen (secondary N) is 1. The van der Waals surface area contributed by atoms with E-state index in [0.29, 0.717) is 5.95 Å². The van der Waals surface area contributed by atoms with E-state index in [9.17, 15) is 9.18 Å². The van der Waals surface area contributed by atoms with Crippen LogP contribution in [0.15, 0.2) is 30.5 Å². The molecule has 3 N–H and O–H groups in total. The lowest BCUT2D eigenvalue weighted by atomic mass is 9.90. The Kier molecular flexibility index (Phi) is 5.96. The lowest BCUT2D eigenvalue weighted by Crippen LogP contribution is -2.47. The number of halogens is 1. The summed E-state index contributed by atoms with van der Waals surface area (Å²) in [6, 6.07) is 5.69. The maximum atomic E-state index is 14.2. The fourth-order valence-corrected chi connectivity index (χ4v) is 3.76. The highest BCUT2D eigenvalue weighted by Crippen LogP contribution is 2.30. The SMILES string of the molecule is Cc1cnc(N[C@H]2CC[C@@H](N(C(N)=O)c3ccccc3F)CC2)nc1N(C)C. The largest absolute Gasteiger partial charge is 0.362 e. The molecule has 1 fully saturated rings. The van der Waals surface area contributed by atoms with Crippen molar-refractivity contribution >= 4 is 23.5 Å². The van der Waals surface area contributed by atoms with Gasteiger partial charge in [-0.25, -0.2) is 14.2 Å². The van der Waals surface area contributed by atoms with E-state index < -0.39 is 11.8 Å². The average Bonchev–Trinajstić information content (AvgIpc) is 2.66. The predicted molar refractivity (Wildman–Crippen MR) is 109 cm³/mol. The van der Waals surface area contributed by atoms with Crippen LogP contribution < -0.4 is 20.9 Å². The summed E-state index contributed by atoms with van der Waals surface area (Å²) in [5.41, 5.74) is 6.82. The zero-order chi connectivity index (χ0) is 20.3. The highest BCUT2D eigenvalue weighted by atomic mass is 19.1. The van der Waals surface area contributed by atoms with Gasteiger partial charge in [0.2, 0.25) is 5.95 Å². The van der Waals surface area contributed by atoms with E-state index in [0.717, 1.165) is 37.1 Å². The molecule has 0 atom stereocenters. The first-order valence-electron chi connectivity index (χ1n) is 9.47. The van der Waals surface area contributed by atoms with Crippen molar-refractivity contribution in [2.45, 2.75) is 44.7 Å². The van der Waals surface area contributed by atoms with Crippen LogP contribution in [0.5, 0.6) is 0 Å². The molecule has 8 heteroatoms. The number of aryl methyl sites for hydroxylation is 1. The molecule has 0 unspecified atom stereocenters. The second-order valence-electron chi connectivity index (χ2n) is 7.40. The fourth-order valence-electron chi connectivity index (χ4n) is 3.76. The van der Waals surface area contributed by atoms with Crippen LogP contribution in [0.25, 0.3) is 0 Å². The molecule has 150 valence electrons. The van der Waals surface area contributed by atoms with E-state index in [4.69, 9.17) is 5.73 Å². The number of nitrogens with two attached hydrogens (primary N) is 1. The molecule has 3 rings (SSSR count). The third-order valence-corrected chi connectivity index (χ3v) is 5.11. The van der Waals surface area contributed by atoms with Gasteiger partial charge in [-0.3, -0.25) is 4.90 Å². The van der Waals surface area contributed by atoms with Crippen molar-refractivity contribution in [3.05, 3.63) is 41.8 Å². The molecular formula is C20H27FN6O. The number of primary amides is 1. The number of benzene rings is 1. The minimum Gasteiger partial charge on any atom is -0.362 e. The highest BCUT2D eigenvalue weighted by molar-refractivity contribution is 5.91. The molecule has 28 heavy (non-hydrogen) atoms. The van der Waals surface area contributed by atoms with Crippen molar-refractivity contribution in [2.75, 3.05) is 29.2 Å². The molecule has 0 aliphatic heterocycles. The number of carbonyl (C=O) groups excluding carboxylic acids is 1. The standard InChI is InChI=1S/C20H27FN6O/c1-13-12-23-20(25-18(13)26(2)3)24-14-8-10-15(11-9-14)27(19(22)28)17-7-5-4-6-16(17)21/h4-7,12,14-15H,8-11H2,1-3H3,(H2,22,28)(H,23,24,25)/t14-,15+. The second kappa shape index (κ2) is 8.41. The van der Waals surface area contributed by atoms with E-state index in [1.165, 1.54) is 11.0 Å². The smallest absolute Gasteiger partial charge is 0.319 e. The first kappa shape index (κ1) is 19.9. The Balaban J connectivity index is 1.66. The maximum absolute atomic E-state index is 14.2. The maximum Gasteiger partial charge on any atom is 0.319 e. The summed E-state index contributed by atoms with van der Waals surface area (Å²) in [4.78, 5) is 24.3. The molecule has 1 saturated carbocycles. The summed E-state index contributed by atoms with van der Waals surface area (Å²) in [6.45, 7) is 1.98. The van der Waals surface area contributed by atoms with E-state index in [1.807, 2.05) is 32.1 Å². The number of rotatable bonds is 5. The zero-order valence-electron chi connectivity index (χ0n) is 16.5. The number of nitrogens with zero attached hydrogens (tertiary/aromatic N) is 4. The highest BCUT2D eigenvalue weighted by Gasteiger charge is 2.30. The van der Waals surface area contributed by atoms with E-state index in [2.05, 4.69) is 15.3 Å². The molecule has 0 radical (unpaired) electrons. The van der Waals surface area contributed by atoms with Gasteiger partial charge < -0.3 is 16.0 Å². The molecule has 1 aliphatic rings. The van der Waals surface area contributed by atoms with Crippen molar-refractivity contribution in [3.63, 3.8) is 0 Å². The van der Waals surface area contributed by atoms with Crippen molar-refractivity contribution in [1.82, 2.24) is 9.97 Å². The lowest BCUT2D eigenvalue weighted by Gasteiger charge is -2.36. The number of aromatic nitrogens is 2. The minimum absolute atomic E-state index is 0.122. The van der Waals surface area contributed by atoms with Gasteiger partial charge in [-0.2, -0.15) is 4.98 Å². The third-order valence-electron chi connectivity index (χ3n) is 5.11. The molecule has 1 aromatic heterocycles. The normalized spacial score (nSPS) is 19.1. The van der Waals surface area contributed by atoms with Crippen molar-refractivity contribution in [3.8, 4) is 0 Å². The quantitative estimate of drug-likeness (QED) is 0.823. The summed E-state index contributed by atoms with van der Waals surface area (Å²) in [7, 11) is 3.90. The van der Waals surface area contributed by atoms with Crippen LogP contribution in [0.2, 0.25) is 0 Å². The molecule has 0 saturated heterocycles. The van der Waals surface area contributed by atoms with E-state index >= 15 is 0 Å². The van der Waals surface area contributed by atoms with Crippen LogP contribution in [0.3, 0.4) is 0 Å². The Morgan fingerprint density at radius 2 is 1.89 bits per heavy atom. The summed E-state index contributed by atoms with van der Waals surface area (Å²) in [5, 5.41) is 3.39. The van der Waals surface area contributed by atoms with Crippen molar-refractivity contribution < 1.29 is 9.18 Å². The summed E-state index contributed by atoms with van der Waals surface area (Å²) in [6.07, 6.45) is 4.89. The Bertz CT molecular complexity index is 835. The number of urea groups is 1. The van der Waals surface area contributed by atoms with Crippen LogP contribution in [-0.2, 0) is 0 Å². The van der Waals surface area contributed by atoms with Gasteiger partial charge in [0.05, 0.1) is 5.69 Å². The van der Waals surface area contributed by atoms with Gasteiger partial charge in [-0.15, -0.1) is 0 Å². The van der Waals surface area contributed by atoms with Crippen LogP contribution in [0.1, 0.15) is 31.2 Å². The summed E-state index contributed by atoms with van der Waals surface area (Å²) < 4.78 is 14.2. The first-order valence-corrected chi connectivity index (χ1v) is 9.47. The fraction of sp³-hybridized carbons (Fsp3) is 0.450. The van der Waals surface area contributed by atoms with Crippen LogP contribution >= 0.6 is 0 Å². The van der Waals surface area contributed by atoms with Crippen LogP contribution in [0.4, 0.5) is 26.6 Å². The zero-order valence-corrected chi connectivity index (χ0v) is 16.5. The Morgan fingerprint density at radius 1 is 1.21 bits per heavy atom. The monoisotopic (exact) mass is 386 g/mol. The number of anilines is 3. The van der Waals surface area contributed by atoms with Gasteiger partial charge in [0, 0.05) is 37.9 Å². The number of carbonyl (C=O) groups is 1. The minimum atomic E-state index is -0.626. The van der Waals surface area contributed by atoms with E-state index in [-0.39, 0.29) is 17.8 Å². The molecule has 2 amide bonds. The number of hydrogen-bond acceptors (Lipinski definition) is 5. The molecular weight excluding hydrogens is 359 g/mol. The molecule has 0 bridgehead atoms. The summed E-state index contributed by atoms with van der Waals surface area (Å²) in [5.74, 6) is 1.04. The first-order chi connectivity index (χ1) is 13.4. The van der Waals surface area contributed by atoms with Gasteiger partial charge in [0.15, 0.2) is 0 Å². The average molecular weight is 386 g/mol. The topological polar surface area (TPSA) is 87.4 Å². The third kappa shape index (κ3) is 4.32. The van der Waals surface area contributed by atoms with Gasteiger partial charge in [0.1, 0.15) is 11.6 Å². The van der Waals surface area contributed by atoms with Gasteiger partial charge in [-0.05, 0) is 44.7 Å². The Hall–Kier alpha value is -2.90. The molecule has 7 nitrogen and oxygen atoms in total. The predicted octanol–water partition coefficient (Wildman–Crippen LogP) is 3.30. The van der Waals surface area contributed by atoms with Gasteiger partial charge in [-0.1, -0.05) is 12.1 Å². The number of hydrogen-bond donors (Lipinski definition) is 2. The van der Waals surface area contributed by atoms with Crippen molar-refractivity contribution in [1.29, 1.82) is 0 Å². The Morgan fingerprint density at radius 3 is 2.50 bits per heavy atom. The van der Waals surface area contributed by atoms with E-state index in [1.54, 1.807) is 18.2 Å². The Labute approximate surface area is 164 Å². The van der Waals surface area contributed by atoms with Crippen LogP contribution in [0, 0.1) is 12.7 Å². The van der Waals surface area contributed by atoms with Crippen molar-refractivity contribution in [2.24, 2.45) is 5.73 Å². The molecule has 1 aliphatic carbocycles. The lowest BCUT2D eigenvalue weighted by molar-refractivity contribution is 0.248. The molecule has 1 heterocycles.